The lowest BCUT2D eigenvalue weighted by Crippen LogP contribution is -2.23. The van der Waals surface area contributed by atoms with E-state index >= 15 is 0 Å². The van der Waals surface area contributed by atoms with Gasteiger partial charge in [0.15, 0.2) is 0 Å². The van der Waals surface area contributed by atoms with Crippen molar-refractivity contribution in [2.75, 3.05) is 12.8 Å². The van der Waals surface area contributed by atoms with Crippen LogP contribution in [0.4, 0.5) is 5.69 Å². The molecule has 0 unspecified atom stereocenters. The average Bonchev–Trinajstić information content (AvgIpc) is 2.45. The van der Waals surface area contributed by atoms with Gasteiger partial charge < -0.3 is 10.5 Å². The highest BCUT2D eigenvalue weighted by atomic mass is 35.5. The van der Waals surface area contributed by atoms with Gasteiger partial charge in [-0.3, -0.25) is 0 Å². The number of ether oxygens (including phenoxy) is 1. The summed E-state index contributed by atoms with van der Waals surface area (Å²) in [4.78, 5) is 0.0401. The summed E-state index contributed by atoms with van der Waals surface area (Å²) in [5.74, 6) is 0.197. The summed E-state index contributed by atoms with van der Waals surface area (Å²) in [7, 11) is -2.31. The van der Waals surface area contributed by atoms with Gasteiger partial charge in [-0.1, -0.05) is 23.7 Å². The molecule has 0 aliphatic heterocycles. The molecule has 2 rings (SSSR count). The first kappa shape index (κ1) is 15.6. The molecule has 3 N–H and O–H groups in total. The Bertz CT molecular complexity index is 748. The van der Waals surface area contributed by atoms with Crippen LogP contribution in [-0.2, 0) is 16.6 Å². The van der Waals surface area contributed by atoms with Crippen molar-refractivity contribution in [3.05, 3.63) is 53.1 Å². The Morgan fingerprint density at radius 3 is 2.67 bits per heavy atom. The van der Waals surface area contributed by atoms with Gasteiger partial charge in [-0.25, -0.2) is 13.1 Å². The summed E-state index contributed by atoms with van der Waals surface area (Å²) in [5.41, 5.74) is 7.01. The summed E-state index contributed by atoms with van der Waals surface area (Å²) >= 11 is 5.83. The van der Waals surface area contributed by atoms with Crippen molar-refractivity contribution >= 4 is 27.3 Å². The molecule has 0 amide bonds. The van der Waals surface area contributed by atoms with Crippen LogP contribution in [0.5, 0.6) is 5.75 Å². The van der Waals surface area contributed by atoms with Gasteiger partial charge in [0.25, 0.3) is 0 Å². The van der Waals surface area contributed by atoms with Crippen molar-refractivity contribution in [3.8, 4) is 5.75 Å². The van der Waals surface area contributed by atoms with Crippen LogP contribution < -0.4 is 15.2 Å². The van der Waals surface area contributed by atoms with Gasteiger partial charge >= 0.3 is 0 Å². The second-order valence-corrected chi connectivity index (χ2v) is 6.54. The Morgan fingerprint density at radius 2 is 2.00 bits per heavy atom. The van der Waals surface area contributed by atoms with Crippen molar-refractivity contribution in [2.45, 2.75) is 11.4 Å². The number of nitrogens with one attached hydrogen (secondary N) is 1. The molecule has 0 aromatic heterocycles. The standard InChI is InChI=1S/C14H15ClN2O3S/c1-20-13-8-11(15)5-6-14(13)21(18,19)17-9-10-3-2-4-12(16)7-10/h2-8,17H,9,16H2,1H3. The molecule has 7 heteroatoms. The topological polar surface area (TPSA) is 81.4 Å². The maximum Gasteiger partial charge on any atom is 0.244 e. The molecule has 2 aromatic rings. The zero-order chi connectivity index (χ0) is 15.5. The van der Waals surface area contributed by atoms with Gasteiger partial charge in [0, 0.05) is 23.3 Å². The van der Waals surface area contributed by atoms with E-state index in [1.54, 1.807) is 24.3 Å². The third-order valence-electron chi connectivity index (χ3n) is 2.83. The van der Waals surface area contributed by atoms with Gasteiger partial charge in [0.2, 0.25) is 10.0 Å². The molecule has 2 aromatic carbocycles. The van der Waals surface area contributed by atoms with Crippen LogP contribution >= 0.6 is 11.6 Å². The summed E-state index contributed by atoms with van der Waals surface area (Å²) < 4.78 is 32.2. The number of methoxy groups -OCH3 is 1. The Hall–Kier alpha value is -1.76. The van der Waals surface area contributed by atoms with Crippen LogP contribution in [0, 0.1) is 0 Å². The SMILES string of the molecule is COc1cc(Cl)ccc1S(=O)(=O)NCc1cccc(N)c1. The predicted octanol–water partition coefficient (Wildman–Crippen LogP) is 2.41. The van der Waals surface area contributed by atoms with E-state index < -0.39 is 10.0 Å². The number of benzene rings is 2. The van der Waals surface area contributed by atoms with E-state index in [9.17, 15) is 8.42 Å². The minimum atomic E-state index is -3.71. The summed E-state index contributed by atoms with van der Waals surface area (Å²) in [6.07, 6.45) is 0. The molecular formula is C14H15ClN2O3S. The summed E-state index contributed by atoms with van der Waals surface area (Å²) in [5, 5.41) is 0.404. The highest BCUT2D eigenvalue weighted by molar-refractivity contribution is 7.89. The number of nitrogens with two attached hydrogens (primary N) is 1. The molecule has 0 saturated heterocycles. The predicted molar refractivity (Wildman–Crippen MR) is 82.9 cm³/mol. The Balaban J connectivity index is 2.23. The second-order valence-electron chi connectivity index (χ2n) is 4.36. The zero-order valence-corrected chi connectivity index (χ0v) is 12.9. The Morgan fingerprint density at radius 1 is 1.24 bits per heavy atom. The number of rotatable bonds is 5. The van der Waals surface area contributed by atoms with Crippen molar-refractivity contribution < 1.29 is 13.2 Å². The molecule has 0 fully saturated rings. The number of hydrogen-bond acceptors (Lipinski definition) is 4. The third-order valence-corrected chi connectivity index (χ3v) is 4.51. The quantitative estimate of drug-likeness (QED) is 0.827. The van der Waals surface area contributed by atoms with Gasteiger partial charge in [0.05, 0.1) is 7.11 Å². The molecule has 0 aliphatic carbocycles. The fraction of sp³-hybridized carbons (Fsp3) is 0.143. The molecule has 0 saturated carbocycles. The smallest absolute Gasteiger partial charge is 0.244 e. The van der Waals surface area contributed by atoms with Gasteiger partial charge in [-0.15, -0.1) is 0 Å². The van der Waals surface area contributed by atoms with Crippen LogP contribution in [0.15, 0.2) is 47.4 Å². The lowest BCUT2D eigenvalue weighted by Gasteiger charge is -2.11. The lowest BCUT2D eigenvalue weighted by atomic mass is 10.2. The minimum absolute atomic E-state index is 0.0401. The second kappa shape index (κ2) is 6.34. The summed E-state index contributed by atoms with van der Waals surface area (Å²) in [6.45, 7) is 0.138. The first-order valence-electron chi connectivity index (χ1n) is 6.10. The number of hydrogen-bond donors (Lipinski definition) is 2. The van der Waals surface area contributed by atoms with E-state index in [4.69, 9.17) is 22.1 Å². The highest BCUT2D eigenvalue weighted by Crippen LogP contribution is 2.27. The molecule has 112 valence electrons. The molecule has 0 spiro atoms. The van der Waals surface area contributed by atoms with Crippen LogP contribution in [-0.4, -0.2) is 15.5 Å². The van der Waals surface area contributed by atoms with E-state index in [1.165, 1.54) is 25.3 Å². The molecule has 21 heavy (non-hydrogen) atoms. The third kappa shape index (κ3) is 3.87. The number of nitrogen functional groups attached to an aromatic ring is 1. The largest absolute Gasteiger partial charge is 0.495 e. The number of anilines is 1. The van der Waals surface area contributed by atoms with Gasteiger partial charge in [-0.2, -0.15) is 0 Å². The first-order valence-corrected chi connectivity index (χ1v) is 7.96. The Labute approximate surface area is 128 Å². The van der Waals surface area contributed by atoms with E-state index in [2.05, 4.69) is 4.72 Å². The van der Waals surface area contributed by atoms with E-state index in [1.807, 2.05) is 0 Å². The van der Waals surface area contributed by atoms with Crippen LogP contribution in [0.2, 0.25) is 5.02 Å². The molecule has 0 radical (unpaired) electrons. The summed E-state index contributed by atoms with van der Waals surface area (Å²) in [6, 6.07) is 11.4. The van der Waals surface area contributed by atoms with Crippen molar-refractivity contribution in [3.63, 3.8) is 0 Å². The van der Waals surface area contributed by atoms with Crippen molar-refractivity contribution in [1.82, 2.24) is 4.72 Å². The van der Waals surface area contributed by atoms with Crippen molar-refractivity contribution in [2.24, 2.45) is 0 Å². The van der Waals surface area contributed by atoms with Crippen LogP contribution in [0.1, 0.15) is 5.56 Å². The van der Waals surface area contributed by atoms with E-state index in [0.717, 1.165) is 5.56 Å². The molecule has 5 nitrogen and oxygen atoms in total. The highest BCUT2D eigenvalue weighted by Gasteiger charge is 2.19. The van der Waals surface area contributed by atoms with Crippen LogP contribution in [0.25, 0.3) is 0 Å². The Kier molecular flexibility index (Phi) is 4.72. The molecule has 0 bridgehead atoms. The van der Waals surface area contributed by atoms with Crippen molar-refractivity contribution in [1.29, 1.82) is 0 Å². The first-order chi connectivity index (χ1) is 9.92. The van der Waals surface area contributed by atoms with Gasteiger partial charge in [-0.05, 0) is 29.8 Å². The maximum absolute atomic E-state index is 12.3. The molecule has 0 aliphatic rings. The normalized spacial score (nSPS) is 11.3. The maximum atomic E-state index is 12.3. The van der Waals surface area contributed by atoms with Gasteiger partial charge in [0.1, 0.15) is 10.6 Å². The molecule has 0 atom stereocenters. The zero-order valence-electron chi connectivity index (χ0n) is 11.3. The number of sulfonamides is 1. The lowest BCUT2D eigenvalue weighted by molar-refractivity contribution is 0.402. The fourth-order valence-corrected chi connectivity index (χ4v) is 3.15. The fourth-order valence-electron chi connectivity index (χ4n) is 1.82. The molecular weight excluding hydrogens is 312 g/mol. The van der Waals surface area contributed by atoms with E-state index in [0.29, 0.717) is 10.7 Å². The average molecular weight is 327 g/mol. The molecule has 0 heterocycles. The number of halogens is 1. The van der Waals surface area contributed by atoms with E-state index in [-0.39, 0.29) is 17.2 Å². The van der Waals surface area contributed by atoms with Crippen LogP contribution in [0.3, 0.4) is 0 Å². The monoisotopic (exact) mass is 326 g/mol. The minimum Gasteiger partial charge on any atom is -0.495 e.